The minimum atomic E-state index is -0.884. The molecule has 1 amide bonds. The van der Waals surface area contributed by atoms with Crippen LogP contribution >= 0.6 is 0 Å². The molecule has 0 saturated carbocycles. The number of halogens is 1. The maximum Gasteiger partial charge on any atom is 0.295 e. The van der Waals surface area contributed by atoms with Gasteiger partial charge >= 0.3 is 0 Å². The number of ketones is 1. The lowest BCUT2D eigenvalue weighted by Gasteiger charge is -2.25. The molecule has 1 saturated heterocycles. The van der Waals surface area contributed by atoms with Crippen molar-refractivity contribution >= 4 is 17.4 Å². The number of amides is 1. The lowest BCUT2D eigenvalue weighted by molar-refractivity contribution is -0.139. The van der Waals surface area contributed by atoms with Crippen LogP contribution in [0, 0.1) is 5.82 Å². The van der Waals surface area contributed by atoms with Gasteiger partial charge in [-0.1, -0.05) is 19.1 Å². The molecule has 164 valence electrons. The first-order valence-electron chi connectivity index (χ1n) is 9.88. The number of ether oxygens (including phenoxy) is 2. The van der Waals surface area contributed by atoms with Crippen molar-refractivity contribution in [2.75, 3.05) is 26.9 Å². The third-order valence-corrected chi connectivity index (χ3v) is 4.95. The fourth-order valence-electron chi connectivity index (χ4n) is 3.65. The number of likely N-dealkylation sites (tertiary alicyclic amines) is 1. The number of Topliss-reactive ketones (excluding diaryl/α,β-unsaturated/α-hetero) is 1. The van der Waals surface area contributed by atoms with Gasteiger partial charge in [0, 0.05) is 6.54 Å². The van der Waals surface area contributed by atoms with Crippen LogP contribution in [0.1, 0.15) is 30.5 Å². The first-order valence-corrected chi connectivity index (χ1v) is 9.88. The third-order valence-electron chi connectivity index (χ3n) is 4.95. The summed E-state index contributed by atoms with van der Waals surface area (Å²) in [6, 6.07) is 9.41. The smallest absolute Gasteiger partial charge is 0.295 e. The predicted octanol–water partition coefficient (Wildman–Crippen LogP) is 3.04. The summed E-state index contributed by atoms with van der Waals surface area (Å²) in [4.78, 5) is 27.1. The van der Waals surface area contributed by atoms with E-state index in [-0.39, 0.29) is 36.6 Å². The molecule has 31 heavy (non-hydrogen) atoms. The number of nitrogens with zero attached hydrogens (tertiary/aromatic N) is 1. The normalized spacial score (nSPS) is 17.8. The van der Waals surface area contributed by atoms with Crippen LogP contribution in [0.4, 0.5) is 4.39 Å². The Hall–Kier alpha value is -3.39. The minimum absolute atomic E-state index is 0.0188. The number of benzene rings is 2. The number of methoxy groups -OCH3 is 1. The van der Waals surface area contributed by atoms with Crippen molar-refractivity contribution in [3.05, 3.63) is 65.0 Å². The van der Waals surface area contributed by atoms with Gasteiger partial charge in [-0.15, -0.1) is 0 Å². The fraction of sp³-hybridized carbons (Fsp3) is 0.304. The largest absolute Gasteiger partial charge is 0.507 e. The molecular formula is C23H24FNO6. The second-order valence-electron chi connectivity index (χ2n) is 6.98. The van der Waals surface area contributed by atoms with Gasteiger partial charge in [-0.2, -0.15) is 0 Å². The molecule has 7 nitrogen and oxygen atoms in total. The zero-order chi connectivity index (χ0) is 22.5. The van der Waals surface area contributed by atoms with Gasteiger partial charge in [-0.3, -0.25) is 9.59 Å². The molecule has 2 aromatic rings. The van der Waals surface area contributed by atoms with Gasteiger partial charge in [0.25, 0.3) is 11.7 Å². The van der Waals surface area contributed by atoms with Crippen molar-refractivity contribution in [2.45, 2.75) is 19.4 Å². The van der Waals surface area contributed by atoms with Gasteiger partial charge in [-0.25, -0.2) is 4.39 Å². The van der Waals surface area contributed by atoms with Gasteiger partial charge in [0.15, 0.2) is 0 Å². The van der Waals surface area contributed by atoms with E-state index < -0.39 is 29.3 Å². The summed E-state index contributed by atoms with van der Waals surface area (Å²) in [5.41, 5.74) is 0.372. The number of hydrogen-bond donors (Lipinski definition) is 2. The van der Waals surface area contributed by atoms with Crippen LogP contribution in [-0.4, -0.2) is 53.7 Å². The standard InChI is InChI=1S/C23H24FNO6/c1-3-9-25-20(14-5-4-6-16(12-14)31-11-10-26)19(22(28)23(25)29)21(27)17-13-15(24)7-8-18(17)30-2/h4-8,12-13,20,26-27H,3,9-11H2,1-2H3/b21-19+. The zero-order valence-electron chi connectivity index (χ0n) is 17.3. The van der Waals surface area contributed by atoms with E-state index in [9.17, 15) is 19.1 Å². The van der Waals surface area contributed by atoms with Gasteiger partial charge in [0.1, 0.15) is 29.7 Å². The minimum Gasteiger partial charge on any atom is -0.507 e. The molecule has 1 aliphatic rings. The highest BCUT2D eigenvalue weighted by molar-refractivity contribution is 6.46. The summed E-state index contributed by atoms with van der Waals surface area (Å²) in [5.74, 6) is -2.13. The molecule has 0 spiro atoms. The van der Waals surface area contributed by atoms with Crippen molar-refractivity contribution in [3.63, 3.8) is 0 Å². The summed E-state index contributed by atoms with van der Waals surface area (Å²) in [6.45, 7) is 2.07. The number of hydrogen-bond acceptors (Lipinski definition) is 6. The average molecular weight is 429 g/mol. The molecule has 2 aromatic carbocycles. The third kappa shape index (κ3) is 4.39. The highest BCUT2D eigenvalue weighted by atomic mass is 19.1. The number of aliphatic hydroxyl groups excluding tert-OH is 2. The summed E-state index contributed by atoms with van der Waals surface area (Å²) in [5, 5.41) is 20.0. The average Bonchev–Trinajstić information content (AvgIpc) is 3.02. The second kappa shape index (κ2) is 9.61. The molecule has 3 rings (SSSR count). The second-order valence-corrected chi connectivity index (χ2v) is 6.98. The molecule has 1 fully saturated rings. The van der Waals surface area contributed by atoms with Gasteiger partial charge in [-0.05, 0) is 42.3 Å². The van der Waals surface area contributed by atoms with E-state index in [4.69, 9.17) is 14.6 Å². The summed E-state index contributed by atoms with van der Waals surface area (Å²) < 4.78 is 24.6. The van der Waals surface area contributed by atoms with E-state index in [1.165, 1.54) is 24.1 Å². The van der Waals surface area contributed by atoms with Crippen LogP contribution in [0.5, 0.6) is 11.5 Å². The SMILES string of the molecule is CCCN1C(=O)C(=O)/C(=C(/O)c2cc(F)ccc2OC)C1c1cccc(OCCO)c1. The maximum absolute atomic E-state index is 13.9. The molecule has 1 atom stereocenters. The highest BCUT2D eigenvalue weighted by Crippen LogP contribution is 2.41. The van der Waals surface area contributed by atoms with Crippen molar-refractivity contribution in [1.82, 2.24) is 4.90 Å². The Labute approximate surface area is 179 Å². The monoisotopic (exact) mass is 429 g/mol. The molecule has 0 bridgehead atoms. The number of carbonyl (C=O) groups is 2. The quantitative estimate of drug-likeness (QED) is 0.380. The van der Waals surface area contributed by atoms with E-state index in [0.717, 1.165) is 6.07 Å². The zero-order valence-corrected chi connectivity index (χ0v) is 17.3. The van der Waals surface area contributed by atoms with Crippen LogP contribution < -0.4 is 9.47 Å². The fourth-order valence-corrected chi connectivity index (χ4v) is 3.65. The lowest BCUT2D eigenvalue weighted by Crippen LogP contribution is -2.30. The Morgan fingerprint density at radius 1 is 1.19 bits per heavy atom. The molecule has 0 aromatic heterocycles. The first-order chi connectivity index (χ1) is 14.9. The van der Waals surface area contributed by atoms with Crippen molar-refractivity contribution in [1.29, 1.82) is 0 Å². The number of rotatable bonds is 8. The molecule has 1 unspecified atom stereocenters. The van der Waals surface area contributed by atoms with Crippen LogP contribution in [0.25, 0.3) is 5.76 Å². The Morgan fingerprint density at radius 3 is 2.65 bits per heavy atom. The molecule has 1 heterocycles. The van der Waals surface area contributed by atoms with Gasteiger partial charge in [0.05, 0.1) is 30.9 Å². The molecule has 1 aliphatic heterocycles. The predicted molar refractivity (Wildman–Crippen MR) is 111 cm³/mol. The Morgan fingerprint density at radius 2 is 1.97 bits per heavy atom. The van der Waals surface area contributed by atoms with Crippen molar-refractivity contribution in [3.8, 4) is 11.5 Å². The van der Waals surface area contributed by atoms with Gasteiger partial charge < -0.3 is 24.6 Å². The summed E-state index contributed by atoms with van der Waals surface area (Å²) in [7, 11) is 1.36. The topological polar surface area (TPSA) is 96.3 Å². The molecule has 2 N–H and O–H groups in total. The number of carbonyl (C=O) groups excluding carboxylic acids is 2. The van der Waals surface area contributed by atoms with Crippen molar-refractivity contribution < 1.29 is 33.7 Å². The Bertz CT molecular complexity index is 1020. The van der Waals surface area contributed by atoms with Crippen LogP contribution in [0.2, 0.25) is 0 Å². The van der Waals surface area contributed by atoms with Gasteiger partial charge in [0.2, 0.25) is 0 Å². The first kappa shape index (κ1) is 22.3. The van der Waals surface area contributed by atoms with E-state index in [2.05, 4.69) is 0 Å². The number of aliphatic hydroxyl groups is 2. The molecule has 0 radical (unpaired) electrons. The van der Waals surface area contributed by atoms with Crippen LogP contribution in [-0.2, 0) is 9.59 Å². The van der Waals surface area contributed by atoms with E-state index >= 15 is 0 Å². The summed E-state index contributed by atoms with van der Waals surface area (Å²) in [6.07, 6.45) is 0.591. The summed E-state index contributed by atoms with van der Waals surface area (Å²) >= 11 is 0. The molecular weight excluding hydrogens is 405 g/mol. The Kier molecular flexibility index (Phi) is 6.91. The van der Waals surface area contributed by atoms with Crippen LogP contribution in [0.3, 0.4) is 0 Å². The van der Waals surface area contributed by atoms with E-state index in [0.29, 0.717) is 17.7 Å². The van der Waals surface area contributed by atoms with E-state index in [1.54, 1.807) is 24.3 Å². The van der Waals surface area contributed by atoms with Crippen LogP contribution in [0.15, 0.2) is 48.0 Å². The molecule has 0 aliphatic carbocycles. The van der Waals surface area contributed by atoms with Crippen molar-refractivity contribution in [2.24, 2.45) is 0 Å². The highest BCUT2D eigenvalue weighted by Gasteiger charge is 2.46. The maximum atomic E-state index is 13.9. The lowest BCUT2D eigenvalue weighted by atomic mass is 9.94. The Balaban J connectivity index is 2.20. The van der Waals surface area contributed by atoms with E-state index in [1.807, 2.05) is 6.92 Å². The molecule has 8 heteroatoms.